The first-order valence-electron chi connectivity index (χ1n) is 9.90. The molecule has 1 aromatic rings. The van der Waals surface area contributed by atoms with Gasteiger partial charge >= 0.3 is 6.18 Å². The van der Waals surface area contributed by atoms with Crippen molar-refractivity contribution >= 4 is 5.96 Å². The number of likely N-dealkylation sites (tertiary alicyclic amines) is 1. The van der Waals surface area contributed by atoms with Crippen LogP contribution in [0.3, 0.4) is 0 Å². The zero-order valence-corrected chi connectivity index (χ0v) is 16.1. The van der Waals surface area contributed by atoms with E-state index in [0.717, 1.165) is 50.7 Å². The standard InChI is InChI=1S/C21H27F3N4/c1-2-25-20(27-18-10-13-28(14-11-18)19-8-9-19)26-12-4-6-16-5-3-7-17(15-16)21(22,23)24/h3,5,7,15,18-19H,2,8-14H2,1H3,(H2,25,26,27). The lowest BCUT2D eigenvalue weighted by molar-refractivity contribution is -0.137. The molecule has 0 unspecified atom stereocenters. The summed E-state index contributed by atoms with van der Waals surface area (Å²) >= 11 is 0. The Balaban J connectivity index is 1.53. The summed E-state index contributed by atoms with van der Waals surface area (Å²) in [5.74, 6) is 6.32. The third-order valence-corrected chi connectivity index (χ3v) is 5.02. The minimum atomic E-state index is -4.35. The monoisotopic (exact) mass is 392 g/mol. The van der Waals surface area contributed by atoms with Crippen molar-refractivity contribution in [1.82, 2.24) is 15.5 Å². The molecule has 2 N–H and O–H groups in total. The van der Waals surface area contributed by atoms with E-state index in [1.807, 2.05) is 6.92 Å². The number of guanidine groups is 1. The molecule has 7 heteroatoms. The molecule has 0 amide bonds. The van der Waals surface area contributed by atoms with Crippen LogP contribution in [0.5, 0.6) is 0 Å². The van der Waals surface area contributed by atoms with E-state index >= 15 is 0 Å². The van der Waals surface area contributed by atoms with Crippen molar-refractivity contribution in [3.05, 3.63) is 35.4 Å². The highest BCUT2D eigenvalue weighted by Gasteiger charge is 2.32. The Hall–Kier alpha value is -2.20. The zero-order valence-electron chi connectivity index (χ0n) is 16.1. The number of benzene rings is 1. The van der Waals surface area contributed by atoms with Gasteiger partial charge in [-0.1, -0.05) is 17.9 Å². The zero-order chi connectivity index (χ0) is 20.0. The van der Waals surface area contributed by atoms with Crippen LogP contribution in [0.1, 0.15) is 43.7 Å². The smallest absolute Gasteiger partial charge is 0.357 e. The Labute approximate surface area is 164 Å². The highest BCUT2D eigenvalue weighted by Crippen LogP contribution is 2.30. The van der Waals surface area contributed by atoms with E-state index in [2.05, 4.69) is 32.4 Å². The number of hydrogen-bond donors (Lipinski definition) is 2. The molecular formula is C21H27F3N4. The van der Waals surface area contributed by atoms with E-state index in [-0.39, 0.29) is 6.54 Å². The number of halogens is 3. The molecule has 2 aliphatic rings. The van der Waals surface area contributed by atoms with Gasteiger partial charge in [0.15, 0.2) is 5.96 Å². The molecule has 0 spiro atoms. The third kappa shape index (κ3) is 6.16. The second kappa shape index (κ2) is 9.33. The van der Waals surface area contributed by atoms with Crippen LogP contribution < -0.4 is 10.6 Å². The fraction of sp³-hybridized carbons (Fsp3) is 0.571. The van der Waals surface area contributed by atoms with E-state index in [1.165, 1.54) is 18.9 Å². The Morgan fingerprint density at radius 1 is 1.21 bits per heavy atom. The summed E-state index contributed by atoms with van der Waals surface area (Å²) < 4.78 is 38.3. The second-order valence-corrected chi connectivity index (χ2v) is 7.26. The molecular weight excluding hydrogens is 365 g/mol. The molecule has 1 saturated carbocycles. The molecule has 1 aliphatic heterocycles. The average molecular weight is 392 g/mol. The van der Waals surface area contributed by atoms with E-state index in [4.69, 9.17) is 0 Å². The number of hydrogen-bond acceptors (Lipinski definition) is 2. The summed E-state index contributed by atoms with van der Waals surface area (Å²) in [4.78, 5) is 7.02. The largest absolute Gasteiger partial charge is 0.416 e. The predicted molar refractivity (Wildman–Crippen MR) is 105 cm³/mol. The van der Waals surface area contributed by atoms with Crippen molar-refractivity contribution in [3.63, 3.8) is 0 Å². The van der Waals surface area contributed by atoms with Crippen LogP contribution in [0.2, 0.25) is 0 Å². The Kier molecular flexibility index (Phi) is 6.84. The highest BCUT2D eigenvalue weighted by atomic mass is 19.4. The van der Waals surface area contributed by atoms with Gasteiger partial charge in [0.2, 0.25) is 0 Å². The van der Waals surface area contributed by atoms with Crippen LogP contribution in [-0.4, -0.2) is 49.1 Å². The molecule has 2 fully saturated rings. The summed E-state index contributed by atoms with van der Waals surface area (Å²) in [6.45, 7) is 5.22. The summed E-state index contributed by atoms with van der Waals surface area (Å²) in [6.07, 6.45) is 0.514. The fourth-order valence-corrected chi connectivity index (χ4v) is 3.40. The van der Waals surface area contributed by atoms with Crippen LogP contribution in [0.15, 0.2) is 29.3 Å². The average Bonchev–Trinajstić information content (AvgIpc) is 3.51. The van der Waals surface area contributed by atoms with Crippen molar-refractivity contribution in [3.8, 4) is 11.8 Å². The maximum Gasteiger partial charge on any atom is 0.416 e. The van der Waals surface area contributed by atoms with Crippen molar-refractivity contribution < 1.29 is 13.2 Å². The molecule has 1 saturated heterocycles. The van der Waals surface area contributed by atoms with E-state index in [0.29, 0.717) is 17.6 Å². The van der Waals surface area contributed by atoms with Crippen LogP contribution in [0.25, 0.3) is 0 Å². The fourth-order valence-electron chi connectivity index (χ4n) is 3.40. The van der Waals surface area contributed by atoms with Crippen molar-refractivity contribution in [2.24, 2.45) is 4.99 Å². The maximum atomic E-state index is 12.8. The van der Waals surface area contributed by atoms with Crippen LogP contribution in [0.4, 0.5) is 13.2 Å². The Morgan fingerprint density at radius 3 is 2.61 bits per heavy atom. The number of nitrogens with zero attached hydrogens (tertiary/aromatic N) is 2. The molecule has 0 aromatic heterocycles. The predicted octanol–water partition coefficient (Wildman–Crippen LogP) is 3.24. The second-order valence-electron chi connectivity index (χ2n) is 7.26. The molecule has 1 aromatic carbocycles. The van der Waals surface area contributed by atoms with Gasteiger partial charge < -0.3 is 15.5 Å². The van der Waals surface area contributed by atoms with Gasteiger partial charge in [0.25, 0.3) is 0 Å². The van der Waals surface area contributed by atoms with Gasteiger partial charge in [0.05, 0.1) is 5.56 Å². The third-order valence-electron chi connectivity index (χ3n) is 5.02. The molecule has 0 radical (unpaired) electrons. The van der Waals surface area contributed by atoms with E-state index in [9.17, 15) is 13.2 Å². The Bertz CT molecular complexity index is 736. The molecule has 1 heterocycles. The van der Waals surface area contributed by atoms with Gasteiger partial charge in [-0.05, 0) is 50.8 Å². The number of rotatable bonds is 4. The van der Waals surface area contributed by atoms with Crippen molar-refractivity contribution in [2.45, 2.75) is 50.9 Å². The molecule has 28 heavy (non-hydrogen) atoms. The maximum absolute atomic E-state index is 12.8. The van der Waals surface area contributed by atoms with Gasteiger partial charge in [-0.3, -0.25) is 0 Å². The van der Waals surface area contributed by atoms with Gasteiger partial charge in [-0.15, -0.1) is 0 Å². The van der Waals surface area contributed by atoms with Crippen LogP contribution in [-0.2, 0) is 6.18 Å². The van der Waals surface area contributed by atoms with Crippen LogP contribution >= 0.6 is 0 Å². The lowest BCUT2D eigenvalue weighted by Crippen LogP contribution is -2.49. The van der Waals surface area contributed by atoms with E-state index < -0.39 is 11.7 Å². The normalized spacial score (nSPS) is 19.1. The molecule has 4 nitrogen and oxygen atoms in total. The van der Waals surface area contributed by atoms with Gasteiger partial charge in [0, 0.05) is 37.3 Å². The lowest BCUT2D eigenvalue weighted by Gasteiger charge is -2.33. The lowest BCUT2D eigenvalue weighted by atomic mass is 10.1. The highest BCUT2D eigenvalue weighted by molar-refractivity contribution is 5.80. The summed E-state index contributed by atoms with van der Waals surface area (Å²) in [5.41, 5.74) is -0.342. The molecule has 1 aliphatic carbocycles. The summed E-state index contributed by atoms with van der Waals surface area (Å²) in [5, 5.41) is 6.67. The topological polar surface area (TPSA) is 39.7 Å². The SMILES string of the molecule is CCNC(=NCC#Cc1cccc(C(F)(F)F)c1)NC1CCN(C2CC2)CC1. The number of aliphatic imine (C=N–C) groups is 1. The molecule has 0 atom stereocenters. The number of alkyl halides is 3. The first-order valence-corrected chi connectivity index (χ1v) is 9.90. The first-order chi connectivity index (χ1) is 13.5. The van der Waals surface area contributed by atoms with Gasteiger partial charge in [-0.2, -0.15) is 13.2 Å². The van der Waals surface area contributed by atoms with E-state index in [1.54, 1.807) is 6.07 Å². The number of piperidine rings is 1. The van der Waals surface area contributed by atoms with Crippen molar-refractivity contribution in [1.29, 1.82) is 0 Å². The summed E-state index contributed by atoms with van der Waals surface area (Å²) in [7, 11) is 0. The minimum Gasteiger partial charge on any atom is -0.357 e. The quantitative estimate of drug-likeness (QED) is 0.470. The summed E-state index contributed by atoms with van der Waals surface area (Å²) in [6, 6.07) is 6.26. The molecule has 0 bridgehead atoms. The molecule has 3 rings (SSSR count). The number of nitrogens with one attached hydrogen (secondary N) is 2. The first kappa shape index (κ1) is 20.5. The Morgan fingerprint density at radius 2 is 1.96 bits per heavy atom. The van der Waals surface area contributed by atoms with Gasteiger partial charge in [0.1, 0.15) is 6.54 Å². The van der Waals surface area contributed by atoms with Crippen molar-refractivity contribution in [2.75, 3.05) is 26.2 Å². The van der Waals surface area contributed by atoms with Gasteiger partial charge in [-0.25, -0.2) is 4.99 Å². The van der Waals surface area contributed by atoms with Crippen LogP contribution in [0, 0.1) is 11.8 Å². The molecule has 152 valence electrons. The minimum absolute atomic E-state index is 0.229.